The summed E-state index contributed by atoms with van der Waals surface area (Å²) in [6.45, 7) is 7.05. The quantitative estimate of drug-likeness (QED) is 0.528. The van der Waals surface area contributed by atoms with Crippen molar-refractivity contribution in [2.45, 2.75) is 46.1 Å². The second-order valence-electron chi connectivity index (χ2n) is 8.42. The van der Waals surface area contributed by atoms with E-state index in [-0.39, 0.29) is 29.1 Å². The SMILES string of the molecule is COC(=O)[C@H]1C(=O)C2=C(C[C@H]1C)NC(C)=C(C(=O)OC(C)C)[C@@H]2c1ccc(OC)c(O)c1. The molecule has 172 valence electrons. The Morgan fingerprint density at radius 2 is 1.91 bits per heavy atom. The molecule has 2 N–H and O–H groups in total. The van der Waals surface area contributed by atoms with Crippen LogP contribution in [-0.2, 0) is 23.9 Å². The number of phenolic OH excluding ortho intramolecular Hbond substituents is 1. The van der Waals surface area contributed by atoms with Crippen molar-refractivity contribution in [1.29, 1.82) is 0 Å². The molecule has 0 amide bonds. The molecule has 0 saturated heterocycles. The van der Waals surface area contributed by atoms with Crippen molar-refractivity contribution in [3.8, 4) is 11.5 Å². The lowest BCUT2D eigenvalue weighted by molar-refractivity contribution is -0.151. The van der Waals surface area contributed by atoms with Gasteiger partial charge in [0.1, 0.15) is 5.92 Å². The van der Waals surface area contributed by atoms with Gasteiger partial charge in [-0.3, -0.25) is 9.59 Å². The number of allylic oxidation sites excluding steroid dienone is 3. The Balaban J connectivity index is 2.21. The summed E-state index contributed by atoms with van der Waals surface area (Å²) in [5, 5.41) is 13.6. The number of rotatable bonds is 5. The number of benzene rings is 1. The lowest BCUT2D eigenvalue weighted by atomic mass is 9.69. The molecule has 0 radical (unpaired) electrons. The van der Waals surface area contributed by atoms with Crippen LogP contribution in [0.2, 0.25) is 0 Å². The Morgan fingerprint density at radius 3 is 2.47 bits per heavy atom. The van der Waals surface area contributed by atoms with Crippen molar-refractivity contribution < 1.29 is 33.7 Å². The van der Waals surface area contributed by atoms with Gasteiger partial charge in [-0.25, -0.2) is 4.79 Å². The number of hydrogen-bond acceptors (Lipinski definition) is 8. The van der Waals surface area contributed by atoms with E-state index in [0.717, 1.165) is 0 Å². The second-order valence-corrected chi connectivity index (χ2v) is 8.42. The van der Waals surface area contributed by atoms with Gasteiger partial charge in [0, 0.05) is 22.9 Å². The van der Waals surface area contributed by atoms with E-state index in [9.17, 15) is 19.5 Å². The summed E-state index contributed by atoms with van der Waals surface area (Å²) in [6, 6.07) is 4.72. The molecule has 3 atom stereocenters. The van der Waals surface area contributed by atoms with Crippen LogP contribution in [0.1, 0.15) is 45.6 Å². The summed E-state index contributed by atoms with van der Waals surface area (Å²) < 4.78 is 15.5. The highest BCUT2D eigenvalue weighted by Crippen LogP contribution is 2.46. The Labute approximate surface area is 187 Å². The van der Waals surface area contributed by atoms with E-state index < -0.39 is 29.6 Å². The van der Waals surface area contributed by atoms with Gasteiger partial charge in [0.15, 0.2) is 17.3 Å². The summed E-state index contributed by atoms with van der Waals surface area (Å²) in [5.41, 5.74) is 2.30. The van der Waals surface area contributed by atoms with Crippen molar-refractivity contribution in [1.82, 2.24) is 5.32 Å². The van der Waals surface area contributed by atoms with Gasteiger partial charge in [0.05, 0.1) is 25.9 Å². The zero-order valence-electron chi connectivity index (χ0n) is 19.1. The molecule has 2 aliphatic rings. The van der Waals surface area contributed by atoms with Gasteiger partial charge < -0.3 is 24.6 Å². The first kappa shape index (κ1) is 23.4. The van der Waals surface area contributed by atoms with Crippen molar-refractivity contribution in [2.24, 2.45) is 11.8 Å². The predicted molar refractivity (Wildman–Crippen MR) is 116 cm³/mol. The van der Waals surface area contributed by atoms with E-state index in [1.54, 1.807) is 32.9 Å². The number of nitrogens with one attached hydrogen (secondary N) is 1. The molecular weight excluding hydrogens is 414 g/mol. The van der Waals surface area contributed by atoms with Crippen LogP contribution in [0.5, 0.6) is 11.5 Å². The van der Waals surface area contributed by atoms with Gasteiger partial charge >= 0.3 is 11.9 Å². The van der Waals surface area contributed by atoms with E-state index in [1.807, 2.05) is 6.92 Å². The third-order valence-electron chi connectivity index (χ3n) is 5.84. The van der Waals surface area contributed by atoms with Crippen molar-refractivity contribution in [3.05, 3.63) is 46.3 Å². The molecule has 32 heavy (non-hydrogen) atoms. The molecule has 0 fully saturated rings. The number of ketones is 1. The number of dihydropyridines is 1. The van der Waals surface area contributed by atoms with E-state index in [0.29, 0.717) is 29.0 Å². The highest BCUT2D eigenvalue weighted by molar-refractivity contribution is 6.12. The van der Waals surface area contributed by atoms with Crippen molar-refractivity contribution in [2.75, 3.05) is 14.2 Å². The smallest absolute Gasteiger partial charge is 0.337 e. The minimum Gasteiger partial charge on any atom is -0.504 e. The number of ether oxygens (including phenoxy) is 3. The van der Waals surface area contributed by atoms with Crippen LogP contribution < -0.4 is 10.1 Å². The Bertz CT molecular complexity index is 1020. The van der Waals surface area contributed by atoms with Crippen LogP contribution in [-0.4, -0.2) is 43.2 Å². The first-order valence-electron chi connectivity index (χ1n) is 10.5. The van der Waals surface area contributed by atoms with Crippen molar-refractivity contribution >= 4 is 17.7 Å². The molecule has 1 aromatic carbocycles. The lowest BCUT2D eigenvalue weighted by Gasteiger charge is -2.38. The maximum Gasteiger partial charge on any atom is 0.337 e. The van der Waals surface area contributed by atoms with Crippen molar-refractivity contribution in [3.63, 3.8) is 0 Å². The molecule has 3 rings (SSSR count). The third kappa shape index (κ3) is 4.09. The van der Waals surface area contributed by atoms with Gasteiger partial charge in [0.25, 0.3) is 0 Å². The number of hydrogen-bond donors (Lipinski definition) is 2. The molecule has 0 unspecified atom stereocenters. The van der Waals surface area contributed by atoms with E-state index in [2.05, 4.69) is 5.32 Å². The van der Waals surface area contributed by atoms with Gasteiger partial charge in [0.2, 0.25) is 0 Å². The van der Waals surface area contributed by atoms with Crippen LogP contribution in [0.4, 0.5) is 0 Å². The lowest BCUT2D eigenvalue weighted by Crippen LogP contribution is -2.43. The molecular formula is C24H29NO7. The molecule has 8 nitrogen and oxygen atoms in total. The fourth-order valence-corrected chi connectivity index (χ4v) is 4.45. The average molecular weight is 443 g/mol. The number of aromatic hydroxyl groups is 1. The molecule has 0 bridgehead atoms. The number of carbonyl (C=O) groups is 3. The Kier molecular flexibility index (Phi) is 6.62. The molecule has 0 aromatic heterocycles. The number of Topliss-reactive ketones (excluding diaryl/α,β-unsaturated/α-hetero) is 1. The predicted octanol–water partition coefficient (Wildman–Crippen LogP) is 2.97. The highest BCUT2D eigenvalue weighted by Gasteiger charge is 2.47. The second kappa shape index (κ2) is 9.06. The Morgan fingerprint density at radius 1 is 1.22 bits per heavy atom. The maximum atomic E-state index is 13.6. The molecule has 8 heteroatoms. The first-order chi connectivity index (χ1) is 15.1. The molecule has 1 aliphatic carbocycles. The maximum absolute atomic E-state index is 13.6. The topological polar surface area (TPSA) is 111 Å². The number of esters is 2. The van der Waals surface area contributed by atoms with Crippen LogP contribution in [0.3, 0.4) is 0 Å². The summed E-state index contributed by atoms with van der Waals surface area (Å²) >= 11 is 0. The van der Waals surface area contributed by atoms with E-state index in [1.165, 1.54) is 20.3 Å². The standard InChI is InChI=1S/C24H29NO7/c1-11(2)32-24(29)19-13(4)25-15-9-12(3)18(23(28)31-6)22(27)21(15)20(19)14-7-8-17(30-5)16(26)10-14/h7-8,10-12,18,20,25-26H,9H2,1-6H3/t12-,18-,20+/m1/s1. The largest absolute Gasteiger partial charge is 0.504 e. The van der Waals surface area contributed by atoms with Crippen LogP contribution >= 0.6 is 0 Å². The zero-order valence-corrected chi connectivity index (χ0v) is 19.1. The third-order valence-corrected chi connectivity index (χ3v) is 5.84. The summed E-state index contributed by atoms with van der Waals surface area (Å²) in [7, 11) is 2.68. The van der Waals surface area contributed by atoms with Crippen LogP contribution in [0.15, 0.2) is 40.7 Å². The first-order valence-corrected chi connectivity index (χ1v) is 10.5. The van der Waals surface area contributed by atoms with Gasteiger partial charge in [-0.2, -0.15) is 0 Å². The summed E-state index contributed by atoms with van der Waals surface area (Å²) in [5.74, 6) is -3.51. The van der Waals surface area contributed by atoms with Gasteiger partial charge in [-0.15, -0.1) is 0 Å². The van der Waals surface area contributed by atoms with E-state index in [4.69, 9.17) is 14.2 Å². The fourth-order valence-electron chi connectivity index (χ4n) is 4.45. The van der Waals surface area contributed by atoms with E-state index >= 15 is 0 Å². The number of methoxy groups -OCH3 is 2. The van der Waals surface area contributed by atoms with Gasteiger partial charge in [-0.1, -0.05) is 13.0 Å². The monoisotopic (exact) mass is 443 g/mol. The molecule has 1 aromatic rings. The minimum absolute atomic E-state index is 0.124. The van der Waals surface area contributed by atoms with Crippen LogP contribution in [0, 0.1) is 11.8 Å². The number of phenols is 1. The molecule has 1 heterocycles. The fraction of sp³-hybridized carbons (Fsp3) is 0.458. The highest BCUT2D eigenvalue weighted by atomic mass is 16.5. The zero-order chi connectivity index (χ0) is 23.7. The average Bonchev–Trinajstić information content (AvgIpc) is 2.71. The summed E-state index contributed by atoms with van der Waals surface area (Å²) in [4.78, 5) is 39.1. The van der Waals surface area contributed by atoms with Gasteiger partial charge in [-0.05, 0) is 50.8 Å². The normalized spacial score (nSPS) is 23.0. The minimum atomic E-state index is -0.976. The summed E-state index contributed by atoms with van der Waals surface area (Å²) in [6.07, 6.45) is 0.0663. The molecule has 1 aliphatic heterocycles. The Hall–Kier alpha value is -3.29. The molecule has 0 saturated carbocycles. The van der Waals surface area contributed by atoms with Crippen LogP contribution in [0.25, 0.3) is 0 Å². The number of carbonyl (C=O) groups excluding carboxylic acids is 3. The molecule has 0 spiro atoms.